The van der Waals surface area contributed by atoms with E-state index >= 15 is 0 Å². The van der Waals surface area contributed by atoms with E-state index in [1.165, 1.54) is 36.4 Å². The molecule has 3 rings (SSSR count). The predicted molar refractivity (Wildman–Crippen MR) is 107 cm³/mol. The van der Waals surface area contributed by atoms with E-state index in [-0.39, 0.29) is 15.8 Å². The number of nitro groups is 1. The standard InChI is InChI=1S/C20H20N2O5S/c23-20(12-11-15-5-3-7-17(13-15)22(24)25)21-16-6-4-10-19(14-16)28(26,27)18-8-1-2-9-18/h3-7,10-14,18H,1-2,8-9H2,(H,21,23)/b12-11+. The fourth-order valence-electron chi connectivity index (χ4n) is 3.24. The zero-order chi connectivity index (χ0) is 20.1. The normalized spacial score (nSPS) is 15.0. The van der Waals surface area contributed by atoms with Crippen LogP contribution in [-0.2, 0) is 14.6 Å². The second kappa shape index (κ2) is 8.35. The summed E-state index contributed by atoms with van der Waals surface area (Å²) in [4.78, 5) is 22.6. The summed E-state index contributed by atoms with van der Waals surface area (Å²) in [5.74, 6) is -0.457. The van der Waals surface area contributed by atoms with E-state index in [9.17, 15) is 23.3 Å². The third-order valence-corrected chi connectivity index (χ3v) is 6.94. The monoisotopic (exact) mass is 400 g/mol. The minimum Gasteiger partial charge on any atom is -0.322 e. The van der Waals surface area contributed by atoms with Gasteiger partial charge in [0.2, 0.25) is 5.91 Å². The van der Waals surface area contributed by atoms with E-state index in [0.717, 1.165) is 12.8 Å². The minimum absolute atomic E-state index is 0.0626. The Morgan fingerprint density at radius 3 is 2.54 bits per heavy atom. The molecule has 0 atom stereocenters. The number of anilines is 1. The molecule has 0 saturated heterocycles. The van der Waals surface area contributed by atoms with Crippen molar-refractivity contribution in [1.29, 1.82) is 0 Å². The summed E-state index contributed by atoms with van der Waals surface area (Å²) in [6.07, 6.45) is 5.89. The van der Waals surface area contributed by atoms with Crippen LogP contribution in [0.5, 0.6) is 0 Å². The van der Waals surface area contributed by atoms with Gasteiger partial charge in [-0.3, -0.25) is 14.9 Å². The number of carbonyl (C=O) groups is 1. The van der Waals surface area contributed by atoms with E-state index in [0.29, 0.717) is 24.1 Å². The first-order chi connectivity index (χ1) is 13.4. The highest BCUT2D eigenvalue weighted by Crippen LogP contribution is 2.30. The van der Waals surface area contributed by atoms with Gasteiger partial charge in [-0.2, -0.15) is 0 Å². The Morgan fingerprint density at radius 1 is 1.11 bits per heavy atom. The average Bonchev–Trinajstić information content (AvgIpc) is 3.22. The van der Waals surface area contributed by atoms with Gasteiger partial charge in [0.25, 0.3) is 5.69 Å². The Kier molecular flexibility index (Phi) is 5.89. The molecule has 146 valence electrons. The predicted octanol–water partition coefficient (Wildman–Crippen LogP) is 3.96. The van der Waals surface area contributed by atoms with Crippen molar-refractivity contribution in [2.75, 3.05) is 5.32 Å². The maximum Gasteiger partial charge on any atom is 0.270 e. The van der Waals surface area contributed by atoms with Gasteiger partial charge in [-0.05, 0) is 42.7 Å². The Hall–Kier alpha value is -3.00. The lowest BCUT2D eigenvalue weighted by Gasteiger charge is -2.12. The third kappa shape index (κ3) is 4.64. The molecular formula is C20H20N2O5S. The van der Waals surface area contributed by atoms with Crippen molar-refractivity contribution in [2.45, 2.75) is 35.8 Å². The number of sulfone groups is 1. The third-order valence-electron chi connectivity index (χ3n) is 4.68. The molecule has 0 heterocycles. The van der Waals surface area contributed by atoms with Crippen molar-refractivity contribution in [3.05, 3.63) is 70.3 Å². The highest BCUT2D eigenvalue weighted by atomic mass is 32.2. The number of hydrogen-bond donors (Lipinski definition) is 1. The maximum absolute atomic E-state index is 12.7. The number of nitrogens with zero attached hydrogens (tertiary/aromatic N) is 1. The molecule has 28 heavy (non-hydrogen) atoms. The number of nitrogens with one attached hydrogen (secondary N) is 1. The molecule has 0 aliphatic heterocycles. The average molecular weight is 400 g/mol. The molecule has 1 aliphatic rings. The smallest absolute Gasteiger partial charge is 0.270 e. The summed E-state index contributed by atoms with van der Waals surface area (Å²) in [5.41, 5.74) is 0.835. The van der Waals surface area contributed by atoms with Crippen molar-refractivity contribution in [3.63, 3.8) is 0 Å². The Labute approximate surface area is 163 Å². The summed E-state index contributed by atoms with van der Waals surface area (Å²) in [6.45, 7) is 0. The zero-order valence-corrected chi connectivity index (χ0v) is 15.9. The molecule has 1 N–H and O–H groups in total. The SMILES string of the molecule is O=C(/C=C/c1cccc([N+](=O)[O-])c1)Nc1cccc(S(=O)(=O)C2CCCC2)c1. The van der Waals surface area contributed by atoms with Crippen molar-refractivity contribution < 1.29 is 18.1 Å². The fraction of sp³-hybridized carbons (Fsp3) is 0.250. The first-order valence-electron chi connectivity index (χ1n) is 8.94. The fourth-order valence-corrected chi connectivity index (χ4v) is 5.14. The van der Waals surface area contributed by atoms with Gasteiger partial charge in [-0.25, -0.2) is 8.42 Å². The van der Waals surface area contributed by atoms with Gasteiger partial charge in [0.05, 0.1) is 15.1 Å². The lowest BCUT2D eigenvalue weighted by Crippen LogP contribution is -2.18. The number of amides is 1. The first-order valence-corrected chi connectivity index (χ1v) is 10.5. The van der Waals surface area contributed by atoms with Crippen LogP contribution in [0.15, 0.2) is 59.5 Å². The van der Waals surface area contributed by atoms with Crippen LogP contribution < -0.4 is 5.32 Å². The molecule has 1 saturated carbocycles. The van der Waals surface area contributed by atoms with Crippen molar-refractivity contribution in [2.24, 2.45) is 0 Å². The van der Waals surface area contributed by atoms with Gasteiger partial charge in [0.15, 0.2) is 9.84 Å². The van der Waals surface area contributed by atoms with Crippen molar-refractivity contribution >= 4 is 33.2 Å². The van der Waals surface area contributed by atoms with E-state index in [4.69, 9.17) is 0 Å². The Bertz CT molecular complexity index is 1020. The molecule has 8 heteroatoms. The quantitative estimate of drug-likeness (QED) is 0.449. The summed E-state index contributed by atoms with van der Waals surface area (Å²) >= 11 is 0. The van der Waals surface area contributed by atoms with E-state index < -0.39 is 20.7 Å². The molecular weight excluding hydrogens is 380 g/mol. The van der Waals surface area contributed by atoms with Gasteiger partial charge < -0.3 is 5.32 Å². The number of carbonyl (C=O) groups excluding carboxylic acids is 1. The second-order valence-corrected chi connectivity index (χ2v) is 8.88. The summed E-state index contributed by atoms with van der Waals surface area (Å²) in [5, 5.41) is 13.1. The van der Waals surface area contributed by atoms with Crippen LogP contribution in [-0.4, -0.2) is 24.5 Å². The molecule has 7 nitrogen and oxygen atoms in total. The minimum atomic E-state index is -3.40. The molecule has 0 bridgehead atoms. The van der Waals surface area contributed by atoms with Crippen molar-refractivity contribution in [1.82, 2.24) is 0 Å². The topological polar surface area (TPSA) is 106 Å². The van der Waals surface area contributed by atoms with Gasteiger partial charge in [0.1, 0.15) is 0 Å². The maximum atomic E-state index is 12.7. The molecule has 0 aromatic heterocycles. The van der Waals surface area contributed by atoms with Gasteiger partial charge in [0, 0.05) is 23.9 Å². The van der Waals surface area contributed by atoms with Crippen LogP contribution in [0.4, 0.5) is 11.4 Å². The summed E-state index contributed by atoms with van der Waals surface area (Å²) in [6, 6.07) is 12.1. The van der Waals surface area contributed by atoms with E-state index in [1.807, 2.05) is 0 Å². The molecule has 0 spiro atoms. The molecule has 1 fully saturated rings. The number of non-ortho nitro benzene ring substituents is 1. The number of benzene rings is 2. The van der Waals surface area contributed by atoms with E-state index in [2.05, 4.69) is 5.32 Å². The van der Waals surface area contributed by atoms with Crippen LogP contribution >= 0.6 is 0 Å². The van der Waals surface area contributed by atoms with Crippen molar-refractivity contribution in [3.8, 4) is 0 Å². The lowest BCUT2D eigenvalue weighted by molar-refractivity contribution is -0.384. The second-order valence-electron chi connectivity index (χ2n) is 6.65. The number of nitro benzene ring substituents is 1. The first kappa shape index (κ1) is 19.8. The number of hydrogen-bond acceptors (Lipinski definition) is 5. The molecule has 1 aliphatic carbocycles. The van der Waals surface area contributed by atoms with Crippen LogP contribution in [0.25, 0.3) is 6.08 Å². The summed E-state index contributed by atoms with van der Waals surface area (Å²) < 4.78 is 25.4. The molecule has 2 aromatic carbocycles. The molecule has 0 unspecified atom stereocenters. The van der Waals surface area contributed by atoms with Gasteiger partial charge in [-0.15, -0.1) is 0 Å². The van der Waals surface area contributed by atoms with Crippen LogP contribution in [0.1, 0.15) is 31.2 Å². The van der Waals surface area contributed by atoms with Gasteiger partial charge in [-0.1, -0.05) is 31.0 Å². The highest BCUT2D eigenvalue weighted by molar-refractivity contribution is 7.92. The van der Waals surface area contributed by atoms with Crippen LogP contribution in [0.3, 0.4) is 0 Å². The number of rotatable bonds is 6. The molecule has 2 aromatic rings. The molecule has 0 radical (unpaired) electrons. The largest absolute Gasteiger partial charge is 0.322 e. The Balaban J connectivity index is 1.71. The zero-order valence-electron chi connectivity index (χ0n) is 15.1. The van der Waals surface area contributed by atoms with Crippen LogP contribution in [0, 0.1) is 10.1 Å². The summed E-state index contributed by atoms with van der Waals surface area (Å²) in [7, 11) is -3.40. The molecule has 1 amide bonds. The van der Waals surface area contributed by atoms with E-state index in [1.54, 1.807) is 24.3 Å². The Morgan fingerprint density at radius 2 is 1.82 bits per heavy atom. The highest BCUT2D eigenvalue weighted by Gasteiger charge is 2.30. The van der Waals surface area contributed by atoms with Crippen LogP contribution in [0.2, 0.25) is 0 Å². The van der Waals surface area contributed by atoms with Gasteiger partial charge >= 0.3 is 0 Å². The lowest BCUT2D eigenvalue weighted by atomic mass is 10.2.